The van der Waals surface area contributed by atoms with Crippen LogP contribution in [-0.2, 0) is 4.79 Å². The third-order valence-corrected chi connectivity index (χ3v) is 5.45. The molecule has 0 N–H and O–H groups in total. The van der Waals surface area contributed by atoms with Crippen LogP contribution >= 0.6 is 23.2 Å². The fourth-order valence-corrected chi connectivity index (χ4v) is 3.75. The van der Waals surface area contributed by atoms with Crippen molar-refractivity contribution in [1.82, 2.24) is 9.47 Å². The number of benzene rings is 1. The van der Waals surface area contributed by atoms with Crippen LogP contribution in [0.3, 0.4) is 0 Å². The predicted molar refractivity (Wildman–Crippen MR) is 106 cm³/mol. The molecule has 5 nitrogen and oxygen atoms in total. The quantitative estimate of drug-likeness (QED) is 0.572. The number of carbonyl (C=O) groups is 2. The number of hydrogen-bond acceptors (Lipinski definition) is 3. The summed E-state index contributed by atoms with van der Waals surface area (Å²) in [6.07, 6.45) is 3.20. The Labute approximate surface area is 167 Å². The van der Waals surface area contributed by atoms with Gasteiger partial charge in [0.05, 0.1) is 5.02 Å². The van der Waals surface area contributed by atoms with Gasteiger partial charge in [-0.2, -0.15) is 0 Å². The molecule has 1 fully saturated rings. The molecule has 1 aliphatic heterocycles. The first-order chi connectivity index (χ1) is 12.9. The summed E-state index contributed by atoms with van der Waals surface area (Å²) in [4.78, 5) is 40.5. The zero-order valence-corrected chi connectivity index (χ0v) is 16.4. The van der Waals surface area contributed by atoms with E-state index in [0.717, 1.165) is 12.8 Å². The molecule has 1 aliphatic rings. The fourth-order valence-electron chi connectivity index (χ4n) is 3.25. The molecule has 0 unspecified atom stereocenters. The van der Waals surface area contributed by atoms with E-state index < -0.39 is 17.4 Å². The molecule has 142 valence electrons. The average Bonchev–Trinajstić information content (AvgIpc) is 2.64. The van der Waals surface area contributed by atoms with Crippen molar-refractivity contribution >= 4 is 34.9 Å². The monoisotopic (exact) mass is 406 g/mol. The third-order valence-electron chi connectivity index (χ3n) is 4.90. The third kappa shape index (κ3) is 4.25. The minimum Gasteiger partial charge on any atom is -0.340 e. The van der Waals surface area contributed by atoms with Crippen molar-refractivity contribution < 1.29 is 9.59 Å². The van der Waals surface area contributed by atoms with E-state index in [9.17, 15) is 14.4 Å². The number of carbonyl (C=O) groups excluding carboxylic acids is 2. The molecule has 7 heteroatoms. The second-order valence-corrected chi connectivity index (χ2v) is 7.69. The molecule has 0 bridgehead atoms. The number of amides is 1. The van der Waals surface area contributed by atoms with Gasteiger partial charge in [-0.1, -0.05) is 36.2 Å². The number of ketones is 1. The van der Waals surface area contributed by atoms with E-state index in [0.29, 0.717) is 24.0 Å². The van der Waals surface area contributed by atoms with Crippen molar-refractivity contribution in [2.24, 2.45) is 5.92 Å². The number of piperidine rings is 1. The molecule has 3 rings (SSSR count). The molecule has 0 spiro atoms. The Kier molecular flexibility index (Phi) is 6.02. The lowest BCUT2D eigenvalue weighted by molar-refractivity contribution is -0.134. The molecule has 1 amide bonds. The summed E-state index contributed by atoms with van der Waals surface area (Å²) in [7, 11) is 0. The highest BCUT2D eigenvalue weighted by atomic mass is 35.5. The molecule has 1 aromatic heterocycles. The van der Waals surface area contributed by atoms with Crippen LogP contribution in [0, 0.1) is 5.92 Å². The van der Waals surface area contributed by atoms with Crippen molar-refractivity contribution in [3.63, 3.8) is 0 Å². The van der Waals surface area contributed by atoms with Gasteiger partial charge in [-0.05, 0) is 43.0 Å². The van der Waals surface area contributed by atoms with Crippen molar-refractivity contribution in [2.75, 3.05) is 13.1 Å². The average molecular weight is 407 g/mol. The maximum absolute atomic E-state index is 13.2. The smallest absolute Gasteiger partial charge is 0.253 e. The van der Waals surface area contributed by atoms with Gasteiger partial charge in [0.2, 0.25) is 0 Å². The zero-order chi connectivity index (χ0) is 19.6. The van der Waals surface area contributed by atoms with E-state index in [1.54, 1.807) is 23.1 Å². The van der Waals surface area contributed by atoms with Gasteiger partial charge in [0, 0.05) is 35.9 Å². The van der Waals surface area contributed by atoms with E-state index in [1.807, 2.05) is 0 Å². The first kappa shape index (κ1) is 19.6. The molecule has 1 saturated heterocycles. The van der Waals surface area contributed by atoms with E-state index >= 15 is 0 Å². The van der Waals surface area contributed by atoms with Gasteiger partial charge in [-0.3, -0.25) is 19.0 Å². The fraction of sp³-hybridized carbons (Fsp3) is 0.350. The molecule has 27 heavy (non-hydrogen) atoms. The summed E-state index contributed by atoms with van der Waals surface area (Å²) in [5.41, 5.74) is -0.250. The topological polar surface area (TPSA) is 59.4 Å². The van der Waals surface area contributed by atoms with E-state index in [-0.39, 0.29) is 16.5 Å². The van der Waals surface area contributed by atoms with Crippen LogP contribution in [0.25, 0.3) is 0 Å². The van der Waals surface area contributed by atoms with Crippen LogP contribution < -0.4 is 5.56 Å². The van der Waals surface area contributed by atoms with Gasteiger partial charge in [0.25, 0.3) is 11.5 Å². The molecule has 1 aromatic carbocycles. The van der Waals surface area contributed by atoms with Crippen molar-refractivity contribution in [3.8, 4) is 0 Å². The van der Waals surface area contributed by atoms with Crippen LogP contribution in [0.4, 0.5) is 0 Å². The van der Waals surface area contributed by atoms with Crippen LogP contribution in [-0.4, -0.2) is 34.2 Å². The van der Waals surface area contributed by atoms with Crippen LogP contribution in [0.1, 0.15) is 36.2 Å². The highest BCUT2D eigenvalue weighted by Gasteiger charge is 2.35. The SMILES string of the molecule is CC1CCN(C(=O)[C@H](C(=O)c2ccc(Cl)cc2Cl)n2ccccc2=O)CC1. The summed E-state index contributed by atoms with van der Waals surface area (Å²) in [6, 6.07) is 7.71. The minimum absolute atomic E-state index is 0.154. The summed E-state index contributed by atoms with van der Waals surface area (Å²) < 4.78 is 1.17. The van der Waals surface area contributed by atoms with Crippen LogP contribution in [0.5, 0.6) is 0 Å². The number of halogens is 2. The van der Waals surface area contributed by atoms with Crippen LogP contribution in [0.2, 0.25) is 10.0 Å². The summed E-state index contributed by atoms with van der Waals surface area (Å²) in [5.74, 6) is -0.367. The molecule has 2 aromatic rings. The number of Topliss-reactive ketones (excluding diaryl/α,β-unsaturated/α-hetero) is 1. The highest BCUT2D eigenvalue weighted by Crippen LogP contribution is 2.27. The Morgan fingerprint density at radius 3 is 2.44 bits per heavy atom. The molecule has 0 radical (unpaired) electrons. The van der Waals surface area contributed by atoms with Crippen LogP contribution in [0.15, 0.2) is 47.4 Å². The Bertz CT molecular complexity index is 917. The number of rotatable bonds is 4. The van der Waals surface area contributed by atoms with E-state index in [4.69, 9.17) is 23.2 Å². The Morgan fingerprint density at radius 2 is 1.81 bits per heavy atom. The largest absolute Gasteiger partial charge is 0.340 e. The maximum Gasteiger partial charge on any atom is 0.253 e. The molecule has 2 heterocycles. The number of nitrogens with zero attached hydrogens (tertiary/aromatic N) is 2. The summed E-state index contributed by atoms with van der Waals surface area (Å²) in [5, 5.41) is 0.544. The number of hydrogen-bond donors (Lipinski definition) is 0. The summed E-state index contributed by atoms with van der Waals surface area (Å²) in [6.45, 7) is 3.28. The molecule has 0 aliphatic carbocycles. The standard InChI is InChI=1S/C20H20Cl2N2O3/c1-13-7-10-23(11-8-13)20(27)18(24-9-3-2-4-17(24)25)19(26)15-6-5-14(21)12-16(15)22/h2-6,9,12-13,18H,7-8,10-11H2,1H3/t18-/m0/s1. The molecular weight excluding hydrogens is 387 g/mol. The van der Waals surface area contributed by atoms with Gasteiger partial charge in [-0.15, -0.1) is 0 Å². The van der Waals surface area contributed by atoms with E-state index in [1.165, 1.54) is 29.0 Å². The van der Waals surface area contributed by atoms with Crippen molar-refractivity contribution in [2.45, 2.75) is 25.8 Å². The Morgan fingerprint density at radius 1 is 1.11 bits per heavy atom. The minimum atomic E-state index is -1.29. The number of likely N-dealkylation sites (tertiary alicyclic amines) is 1. The van der Waals surface area contributed by atoms with E-state index in [2.05, 4.69) is 6.92 Å². The van der Waals surface area contributed by atoms with Crippen molar-refractivity contribution in [1.29, 1.82) is 0 Å². The van der Waals surface area contributed by atoms with Crippen molar-refractivity contribution in [3.05, 3.63) is 68.6 Å². The maximum atomic E-state index is 13.2. The summed E-state index contributed by atoms with van der Waals surface area (Å²) >= 11 is 12.1. The molecule has 1 atom stereocenters. The van der Waals surface area contributed by atoms with Gasteiger partial charge in [0.15, 0.2) is 11.8 Å². The Balaban J connectivity index is 2.02. The van der Waals surface area contributed by atoms with Gasteiger partial charge in [-0.25, -0.2) is 0 Å². The van der Waals surface area contributed by atoms with Gasteiger partial charge >= 0.3 is 0 Å². The first-order valence-electron chi connectivity index (χ1n) is 8.83. The lowest BCUT2D eigenvalue weighted by atomic mass is 9.97. The van der Waals surface area contributed by atoms with Gasteiger partial charge in [0.1, 0.15) is 0 Å². The number of aromatic nitrogens is 1. The predicted octanol–water partition coefficient (Wildman–Crippen LogP) is 3.84. The normalized spacial score (nSPS) is 16.2. The lowest BCUT2D eigenvalue weighted by Crippen LogP contribution is -2.46. The molecular formula is C20H20Cl2N2O3. The first-order valence-corrected chi connectivity index (χ1v) is 9.59. The highest BCUT2D eigenvalue weighted by molar-refractivity contribution is 6.37. The molecule has 0 saturated carbocycles. The second kappa shape index (κ2) is 8.28. The van der Waals surface area contributed by atoms with Gasteiger partial charge < -0.3 is 4.90 Å². The number of pyridine rings is 1. The zero-order valence-electron chi connectivity index (χ0n) is 14.9. The Hall–Kier alpha value is -2.11. The second-order valence-electron chi connectivity index (χ2n) is 6.84. The lowest BCUT2D eigenvalue weighted by Gasteiger charge is -2.33.